The van der Waals surface area contributed by atoms with Gasteiger partial charge in [0, 0.05) is 0 Å². The Labute approximate surface area is 127 Å². The molecule has 124 valence electrons. The Morgan fingerprint density at radius 1 is 1.18 bits per heavy atom. The van der Waals surface area contributed by atoms with Gasteiger partial charge in [-0.3, -0.25) is 0 Å². The molecule has 2 rings (SSSR count). The van der Waals surface area contributed by atoms with Crippen molar-refractivity contribution in [3.05, 3.63) is 23.8 Å². The summed E-state index contributed by atoms with van der Waals surface area (Å²) in [5.74, 6) is -2.38. The number of benzene rings is 1. The monoisotopic (exact) mass is 315 g/mol. The number of phenolic OH excluding ortho intramolecular Hbond substituents is 2. The molecule has 1 saturated heterocycles. The average molecular weight is 315 g/mol. The molecule has 0 aliphatic carbocycles. The Morgan fingerprint density at radius 2 is 1.91 bits per heavy atom. The van der Waals surface area contributed by atoms with Gasteiger partial charge in [-0.2, -0.15) is 0 Å². The van der Waals surface area contributed by atoms with Crippen LogP contribution in [0, 0.1) is 0 Å². The number of phenols is 2. The van der Waals surface area contributed by atoms with E-state index >= 15 is 0 Å². The minimum absolute atomic E-state index is 0.137. The molecular weight excluding hydrogens is 294 g/mol. The lowest BCUT2D eigenvalue weighted by Crippen LogP contribution is -2.64. The molecule has 7 N–H and O–H groups in total. The molecular formula is C14H21NO7. The molecule has 0 aromatic heterocycles. The maximum atomic E-state index is 10.1. The highest BCUT2D eigenvalue weighted by Crippen LogP contribution is 2.25. The third-order valence-electron chi connectivity index (χ3n) is 3.69. The molecule has 8 heteroatoms. The van der Waals surface area contributed by atoms with Gasteiger partial charge in [0.2, 0.25) is 5.79 Å². The van der Waals surface area contributed by atoms with Crippen LogP contribution in [-0.4, -0.2) is 74.4 Å². The number of aromatic hydroxyl groups is 2. The van der Waals surface area contributed by atoms with E-state index < -0.39 is 24.1 Å². The van der Waals surface area contributed by atoms with Crippen molar-refractivity contribution in [3.8, 4) is 11.5 Å². The van der Waals surface area contributed by atoms with E-state index in [2.05, 4.69) is 5.32 Å². The zero-order valence-corrected chi connectivity index (χ0v) is 11.9. The lowest BCUT2D eigenvalue weighted by molar-refractivity contribution is -0.317. The highest BCUT2D eigenvalue weighted by atomic mass is 16.6. The average Bonchev–Trinajstić information content (AvgIpc) is 2.49. The summed E-state index contributed by atoms with van der Waals surface area (Å²) in [5, 5.41) is 60.2. The molecule has 1 aliphatic heterocycles. The largest absolute Gasteiger partial charge is 0.504 e. The number of aliphatic hydroxyl groups is 4. The van der Waals surface area contributed by atoms with Gasteiger partial charge in [0.25, 0.3) is 0 Å². The van der Waals surface area contributed by atoms with E-state index in [9.17, 15) is 30.6 Å². The Balaban J connectivity index is 1.81. The quantitative estimate of drug-likeness (QED) is 0.245. The predicted octanol–water partition coefficient (Wildman–Crippen LogP) is -1.97. The summed E-state index contributed by atoms with van der Waals surface area (Å²) in [4.78, 5) is 0. The smallest absolute Gasteiger partial charge is 0.207 e. The number of aliphatic hydroxyl groups excluding tert-OH is 3. The van der Waals surface area contributed by atoms with Crippen LogP contribution in [0.25, 0.3) is 0 Å². The normalized spacial score (nSPS) is 32.1. The number of nitrogens with one attached hydrogen (secondary N) is 1. The Morgan fingerprint density at radius 3 is 2.59 bits per heavy atom. The van der Waals surface area contributed by atoms with Crippen LogP contribution in [-0.2, 0) is 11.2 Å². The molecule has 1 aromatic rings. The van der Waals surface area contributed by atoms with Crippen molar-refractivity contribution >= 4 is 0 Å². The lowest BCUT2D eigenvalue weighted by atomic mass is 9.97. The van der Waals surface area contributed by atoms with E-state index in [1.165, 1.54) is 12.1 Å². The second-order valence-electron chi connectivity index (χ2n) is 5.41. The van der Waals surface area contributed by atoms with Gasteiger partial charge >= 0.3 is 0 Å². The van der Waals surface area contributed by atoms with Gasteiger partial charge in [0.15, 0.2) is 11.5 Å². The molecule has 22 heavy (non-hydrogen) atoms. The number of rotatable bonds is 5. The molecule has 0 unspecified atom stereocenters. The highest BCUT2D eigenvalue weighted by Gasteiger charge is 2.47. The number of hydrogen-bond donors (Lipinski definition) is 7. The van der Waals surface area contributed by atoms with Gasteiger partial charge in [0.1, 0.15) is 18.3 Å². The summed E-state index contributed by atoms with van der Waals surface area (Å²) in [6, 6.07) is 4.46. The first-order valence-electron chi connectivity index (χ1n) is 6.95. The maximum absolute atomic E-state index is 10.1. The van der Waals surface area contributed by atoms with Crippen LogP contribution in [0.4, 0.5) is 0 Å². The van der Waals surface area contributed by atoms with Gasteiger partial charge < -0.3 is 40.7 Å². The SMILES string of the molecule is Oc1ccc(CCNC[C@@]2(O)OC[C@@H](O)[C@@H](O)[C@@H]2O)cc1O. The van der Waals surface area contributed by atoms with Gasteiger partial charge in [0.05, 0.1) is 13.2 Å². The Hall–Kier alpha value is -1.42. The van der Waals surface area contributed by atoms with E-state index in [0.29, 0.717) is 13.0 Å². The van der Waals surface area contributed by atoms with E-state index in [-0.39, 0.29) is 24.7 Å². The van der Waals surface area contributed by atoms with E-state index in [4.69, 9.17) is 4.74 Å². The maximum Gasteiger partial charge on any atom is 0.207 e. The van der Waals surface area contributed by atoms with Crippen LogP contribution in [0.2, 0.25) is 0 Å². The van der Waals surface area contributed by atoms with Gasteiger partial charge in [-0.1, -0.05) is 6.07 Å². The Kier molecular flexibility index (Phi) is 5.22. The fourth-order valence-electron chi connectivity index (χ4n) is 2.27. The first kappa shape index (κ1) is 16.9. The summed E-state index contributed by atoms with van der Waals surface area (Å²) in [7, 11) is 0. The second-order valence-corrected chi connectivity index (χ2v) is 5.41. The molecule has 0 saturated carbocycles. The van der Waals surface area contributed by atoms with Crippen molar-refractivity contribution in [1.29, 1.82) is 0 Å². The first-order chi connectivity index (χ1) is 10.3. The molecule has 1 heterocycles. The fourth-order valence-corrected chi connectivity index (χ4v) is 2.27. The van der Waals surface area contributed by atoms with Gasteiger partial charge in [-0.15, -0.1) is 0 Å². The van der Waals surface area contributed by atoms with E-state index in [0.717, 1.165) is 5.56 Å². The second kappa shape index (κ2) is 6.78. The van der Waals surface area contributed by atoms with Crippen LogP contribution in [0.15, 0.2) is 18.2 Å². The third-order valence-corrected chi connectivity index (χ3v) is 3.69. The molecule has 0 spiro atoms. The molecule has 0 bridgehead atoms. The molecule has 1 fully saturated rings. The molecule has 1 aliphatic rings. The van der Waals surface area contributed by atoms with Crippen LogP contribution >= 0.6 is 0 Å². The van der Waals surface area contributed by atoms with Crippen LogP contribution in [0.5, 0.6) is 11.5 Å². The molecule has 8 nitrogen and oxygen atoms in total. The zero-order valence-electron chi connectivity index (χ0n) is 11.9. The third kappa shape index (κ3) is 3.67. The summed E-state index contributed by atoms with van der Waals surface area (Å²) < 4.78 is 5.01. The molecule has 4 atom stereocenters. The molecule has 0 radical (unpaired) electrons. The molecule has 1 aromatic carbocycles. The van der Waals surface area contributed by atoms with Crippen molar-refractivity contribution in [2.24, 2.45) is 0 Å². The summed E-state index contributed by atoms with van der Waals surface area (Å²) >= 11 is 0. The van der Waals surface area contributed by atoms with Gasteiger partial charge in [-0.05, 0) is 30.7 Å². The van der Waals surface area contributed by atoms with E-state index in [1.807, 2.05) is 0 Å². The number of ether oxygens (including phenoxy) is 1. The minimum atomic E-state index is -1.98. The number of hydrogen-bond acceptors (Lipinski definition) is 8. The predicted molar refractivity (Wildman–Crippen MR) is 75.3 cm³/mol. The van der Waals surface area contributed by atoms with Crippen LogP contribution in [0.1, 0.15) is 5.56 Å². The summed E-state index contributed by atoms with van der Waals surface area (Å²) in [5.41, 5.74) is 0.773. The van der Waals surface area contributed by atoms with Crippen molar-refractivity contribution in [2.45, 2.75) is 30.5 Å². The Bertz CT molecular complexity index is 512. The summed E-state index contributed by atoms with van der Waals surface area (Å²) in [6.07, 6.45) is -3.84. The van der Waals surface area contributed by atoms with Crippen molar-refractivity contribution < 1.29 is 35.4 Å². The van der Waals surface area contributed by atoms with Gasteiger partial charge in [-0.25, -0.2) is 0 Å². The topological polar surface area (TPSA) is 143 Å². The highest BCUT2D eigenvalue weighted by molar-refractivity contribution is 5.40. The minimum Gasteiger partial charge on any atom is -0.504 e. The van der Waals surface area contributed by atoms with Crippen LogP contribution in [0.3, 0.4) is 0 Å². The van der Waals surface area contributed by atoms with E-state index in [1.54, 1.807) is 6.07 Å². The fraction of sp³-hybridized carbons (Fsp3) is 0.571. The molecule has 0 amide bonds. The standard InChI is InChI=1S/C14H21NO7/c16-9-2-1-8(5-10(9)17)3-4-15-7-14(21)13(20)12(19)11(18)6-22-14/h1-2,5,11-13,15-21H,3-4,6-7H2/t11-,12-,13+,14-/m1/s1. The van der Waals surface area contributed by atoms with Crippen LogP contribution < -0.4 is 5.32 Å². The van der Waals surface area contributed by atoms with Crippen molar-refractivity contribution in [2.75, 3.05) is 19.7 Å². The lowest BCUT2D eigenvalue weighted by Gasteiger charge is -2.41. The summed E-state index contributed by atoms with van der Waals surface area (Å²) in [6.45, 7) is -0.00842. The van der Waals surface area contributed by atoms with Crippen molar-refractivity contribution in [3.63, 3.8) is 0 Å². The van der Waals surface area contributed by atoms with Crippen molar-refractivity contribution in [1.82, 2.24) is 5.32 Å². The first-order valence-corrected chi connectivity index (χ1v) is 6.95. The zero-order chi connectivity index (χ0) is 16.3.